The summed E-state index contributed by atoms with van der Waals surface area (Å²) in [6, 6.07) is 6.16. The van der Waals surface area contributed by atoms with Crippen LogP contribution in [0.25, 0.3) is 15.9 Å². The van der Waals surface area contributed by atoms with Crippen molar-refractivity contribution in [1.82, 2.24) is 14.3 Å². The third-order valence-electron chi connectivity index (χ3n) is 5.15. The molecule has 0 bridgehead atoms. The zero-order valence-electron chi connectivity index (χ0n) is 16.5. The molecule has 0 unspecified atom stereocenters. The lowest BCUT2D eigenvalue weighted by molar-refractivity contribution is 0.587. The zero-order chi connectivity index (χ0) is 21.3. The van der Waals surface area contributed by atoms with Crippen molar-refractivity contribution in [2.24, 2.45) is 0 Å². The lowest BCUT2D eigenvalue weighted by atomic mass is 9.97. The Morgan fingerprint density at radius 3 is 2.80 bits per heavy atom. The van der Waals surface area contributed by atoms with Gasteiger partial charge < -0.3 is 0 Å². The number of fused-ring (bicyclic) bond motifs is 3. The van der Waals surface area contributed by atoms with E-state index in [1.165, 1.54) is 34.3 Å². The topological polar surface area (TPSA) is 81.1 Å². The summed E-state index contributed by atoms with van der Waals surface area (Å²) in [6.45, 7) is 0. The van der Waals surface area contributed by atoms with E-state index in [4.69, 9.17) is 4.98 Å². The Morgan fingerprint density at radius 1 is 1.27 bits per heavy atom. The van der Waals surface area contributed by atoms with Gasteiger partial charge in [-0.25, -0.2) is 22.5 Å². The average Bonchev–Trinajstić information content (AvgIpc) is 3.11. The first-order valence-electron chi connectivity index (χ1n) is 9.77. The summed E-state index contributed by atoms with van der Waals surface area (Å²) >= 11 is 2.82. The van der Waals surface area contributed by atoms with Crippen molar-refractivity contribution in [3.8, 4) is 5.69 Å². The molecule has 30 heavy (non-hydrogen) atoms. The molecule has 1 aromatic carbocycles. The number of para-hydroxylation sites is 1. The molecule has 2 heterocycles. The van der Waals surface area contributed by atoms with Gasteiger partial charge >= 0.3 is 0 Å². The van der Waals surface area contributed by atoms with Crippen LogP contribution in [0.4, 0.5) is 4.39 Å². The molecule has 0 radical (unpaired) electrons. The maximum absolute atomic E-state index is 14.6. The third-order valence-corrected chi connectivity index (χ3v) is 8.81. The van der Waals surface area contributed by atoms with Crippen LogP contribution in [0.15, 0.2) is 34.2 Å². The fraction of sp³-hybridized carbons (Fsp3) is 0.400. The predicted octanol–water partition coefficient (Wildman–Crippen LogP) is 3.50. The molecule has 2 aromatic heterocycles. The molecule has 10 heteroatoms. The summed E-state index contributed by atoms with van der Waals surface area (Å²) < 4.78 is 41.5. The van der Waals surface area contributed by atoms with Crippen molar-refractivity contribution >= 4 is 43.3 Å². The van der Waals surface area contributed by atoms with Crippen molar-refractivity contribution in [3.05, 3.63) is 50.9 Å². The van der Waals surface area contributed by atoms with Crippen molar-refractivity contribution in [3.63, 3.8) is 0 Å². The van der Waals surface area contributed by atoms with Crippen LogP contribution < -0.4 is 10.3 Å². The highest BCUT2D eigenvalue weighted by Gasteiger charge is 2.23. The van der Waals surface area contributed by atoms with Gasteiger partial charge in [0.2, 0.25) is 10.0 Å². The number of thiophene rings is 1. The summed E-state index contributed by atoms with van der Waals surface area (Å²) in [5.74, 6) is -0.0709. The molecule has 0 saturated heterocycles. The molecule has 4 rings (SSSR count). The van der Waals surface area contributed by atoms with Crippen LogP contribution >= 0.6 is 23.1 Å². The molecule has 1 aliphatic carbocycles. The van der Waals surface area contributed by atoms with E-state index in [-0.39, 0.29) is 17.0 Å². The standard InChI is InChI=1S/C20H22FN3O3S3/c1-22-30(26,27)12-6-11-28-20-23-18-17(13-7-2-5-10-16(13)29-18)19(25)24(20)15-9-4-3-8-14(15)21/h3-4,8-9,22H,2,5-7,10-12H2,1H3. The second kappa shape index (κ2) is 8.78. The Bertz CT molecular complexity index is 1250. The highest BCUT2D eigenvalue weighted by Crippen LogP contribution is 2.35. The molecule has 1 N–H and O–H groups in total. The van der Waals surface area contributed by atoms with E-state index in [9.17, 15) is 17.6 Å². The number of nitrogens with one attached hydrogen (secondary N) is 1. The van der Waals surface area contributed by atoms with Gasteiger partial charge in [-0.05, 0) is 56.8 Å². The smallest absolute Gasteiger partial charge is 0.267 e. The summed E-state index contributed by atoms with van der Waals surface area (Å²) in [5, 5.41) is 0.984. The maximum Gasteiger partial charge on any atom is 0.267 e. The van der Waals surface area contributed by atoms with E-state index in [1.807, 2.05) is 0 Å². The highest BCUT2D eigenvalue weighted by molar-refractivity contribution is 7.99. The lowest BCUT2D eigenvalue weighted by Gasteiger charge is -2.14. The highest BCUT2D eigenvalue weighted by atomic mass is 32.2. The number of hydrogen-bond acceptors (Lipinski definition) is 6. The van der Waals surface area contributed by atoms with E-state index in [0.29, 0.717) is 27.5 Å². The number of nitrogens with zero attached hydrogens (tertiary/aromatic N) is 2. The molecule has 0 amide bonds. The number of aromatic nitrogens is 2. The third kappa shape index (κ3) is 4.18. The molecule has 0 saturated carbocycles. The minimum Gasteiger partial charge on any atom is -0.268 e. The van der Waals surface area contributed by atoms with E-state index in [2.05, 4.69) is 4.72 Å². The van der Waals surface area contributed by atoms with Gasteiger partial charge in [0.25, 0.3) is 5.56 Å². The molecule has 0 atom stereocenters. The van der Waals surface area contributed by atoms with Crippen LogP contribution in [0.2, 0.25) is 0 Å². The van der Waals surface area contributed by atoms with Crippen LogP contribution in [0.5, 0.6) is 0 Å². The van der Waals surface area contributed by atoms with Crippen molar-refractivity contribution < 1.29 is 12.8 Å². The van der Waals surface area contributed by atoms with Crippen LogP contribution in [-0.2, 0) is 22.9 Å². The van der Waals surface area contributed by atoms with Gasteiger partial charge in [-0.15, -0.1) is 11.3 Å². The van der Waals surface area contributed by atoms with Crippen LogP contribution in [-0.4, -0.2) is 36.5 Å². The summed E-state index contributed by atoms with van der Waals surface area (Å²) in [7, 11) is -1.92. The molecular formula is C20H22FN3O3S3. The molecular weight excluding hydrogens is 445 g/mol. The van der Waals surface area contributed by atoms with E-state index in [0.717, 1.165) is 31.2 Å². The molecule has 1 aliphatic rings. The minimum atomic E-state index is -3.30. The Labute approximate surface area is 182 Å². The number of rotatable bonds is 7. The fourth-order valence-corrected chi connectivity index (χ4v) is 6.80. The van der Waals surface area contributed by atoms with Crippen LogP contribution in [0.1, 0.15) is 29.7 Å². The van der Waals surface area contributed by atoms with Gasteiger partial charge in [0, 0.05) is 10.6 Å². The number of thioether (sulfide) groups is 1. The van der Waals surface area contributed by atoms with E-state index >= 15 is 0 Å². The predicted molar refractivity (Wildman–Crippen MR) is 120 cm³/mol. The number of aryl methyl sites for hydroxylation is 2. The normalized spacial score (nSPS) is 14.2. The van der Waals surface area contributed by atoms with Gasteiger partial charge in [0.15, 0.2) is 5.16 Å². The van der Waals surface area contributed by atoms with Gasteiger partial charge in [-0.3, -0.25) is 9.36 Å². The molecule has 6 nitrogen and oxygen atoms in total. The van der Waals surface area contributed by atoms with E-state index < -0.39 is 15.8 Å². The number of benzene rings is 1. The van der Waals surface area contributed by atoms with Gasteiger partial charge in [0.1, 0.15) is 10.6 Å². The van der Waals surface area contributed by atoms with Crippen molar-refractivity contribution in [2.45, 2.75) is 37.3 Å². The molecule has 0 fully saturated rings. The first-order chi connectivity index (χ1) is 14.4. The largest absolute Gasteiger partial charge is 0.268 e. The first kappa shape index (κ1) is 21.5. The quantitative estimate of drug-likeness (QED) is 0.327. The summed E-state index contributed by atoms with van der Waals surface area (Å²) in [6.07, 6.45) is 4.31. The molecule has 0 spiro atoms. The first-order valence-corrected chi connectivity index (χ1v) is 13.2. The van der Waals surface area contributed by atoms with Gasteiger partial charge in [-0.1, -0.05) is 23.9 Å². The summed E-state index contributed by atoms with van der Waals surface area (Å²) in [5.41, 5.74) is 0.966. The van der Waals surface area contributed by atoms with Crippen molar-refractivity contribution in [1.29, 1.82) is 0 Å². The number of halogens is 1. The molecule has 0 aliphatic heterocycles. The minimum absolute atomic E-state index is 0.0179. The van der Waals surface area contributed by atoms with Crippen molar-refractivity contribution in [2.75, 3.05) is 18.6 Å². The lowest BCUT2D eigenvalue weighted by Crippen LogP contribution is -2.24. The number of hydrogen-bond donors (Lipinski definition) is 1. The van der Waals surface area contributed by atoms with Crippen LogP contribution in [0, 0.1) is 5.82 Å². The van der Waals surface area contributed by atoms with Gasteiger partial charge in [-0.2, -0.15) is 0 Å². The van der Waals surface area contributed by atoms with Gasteiger partial charge in [0.05, 0.1) is 16.8 Å². The SMILES string of the molecule is CNS(=O)(=O)CCCSc1nc2sc3c(c2c(=O)n1-c1ccccc1F)CCCC3. The van der Waals surface area contributed by atoms with Crippen LogP contribution in [0.3, 0.4) is 0 Å². The Kier molecular flexibility index (Phi) is 6.29. The Morgan fingerprint density at radius 2 is 2.03 bits per heavy atom. The Balaban J connectivity index is 1.79. The average molecular weight is 468 g/mol. The summed E-state index contributed by atoms with van der Waals surface area (Å²) in [4.78, 5) is 20.1. The Hall–Kier alpha value is -1.75. The van der Waals surface area contributed by atoms with E-state index in [1.54, 1.807) is 29.5 Å². The number of sulfonamides is 1. The monoisotopic (exact) mass is 467 g/mol. The maximum atomic E-state index is 14.6. The molecule has 160 valence electrons. The zero-order valence-corrected chi connectivity index (χ0v) is 18.9. The second-order valence-corrected chi connectivity index (χ2v) is 11.3. The molecule has 3 aromatic rings. The second-order valence-electron chi connectivity index (χ2n) is 7.10. The fourth-order valence-electron chi connectivity index (χ4n) is 3.64.